The summed E-state index contributed by atoms with van der Waals surface area (Å²) in [6, 6.07) is 3.76. The summed E-state index contributed by atoms with van der Waals surface area (Å²) in [5.41, 5.74) is 0.824. The first-order valence-electron chi connectivity index (χ1n) is 13.9. The van der Waals surface area contributed by atoms with E-state index in [0.717, 1.165) is 11.1 Å². The molecule has 11 heteroatoms. The average Bonchev–Trinajstić information content (AvgIpc) is 3.53. The lowest BCUT2D eigenvalue weighted by molar-refractivity contribution is -0.152. The molecule has 1 aromatic rings. The highest BCUT2D eigenvalue weighted by atomic mass is 16.6. The summed E-state index contributed by atoms with van der Waals surface area (Å²) in [6.07, 6.45) is 2.61. The number of nitrogens with one attached hydrogen (secondary N) is 1. The van der Waals surface area contributed by atoms with Crippen LogP contribution in [0.3, 0.4) is 0 Å². The summed E-state index contributed by atoms with van der Waals surface area (Å²) in [4.78, 5) is 55.5. The van der Waals surface area contributed by atoms with Gasteiger partial charge in [0.05, 0.1) is 26.8 Å². The van der Waals surface area contributed by atoms with Gasteiger partial charge in [0.25, 0.3) is 0 Å². The predicted octanol–water partition coefficient (Wildman–Crippen LogP) is 3.79. The number of carbonyl (C=O) groups excluding carboxylic acids is 4. The van der Waals surface area contributed by atoms with Gasteiger partial charge in [-0.15, -0.1) is 0 Å². The van der Waals surface area contributed by atoms with Gasteiger partial charge in [-0.2, -0.15) is 0 Å². The Balaban J connectivity index is 1.62. The van der Waals surface area contributed by atoms with Gasteiger partial charge >= 0.3 is 18.2 Å². The van der Waals surface area contributed by atoms with E-state index in [9.17, 15) is 19.2 Å². The van der Waals surface area contributed by atoms with Crippen molar-refractivity contribution in [2.45, 2.75) is 78.7 Å². The van der Waals surface area contributed by atoms with Crippen molar-refractivity contribution < 1.29 is 38.1 Å². The minimum absolute atomic E-state index is 0.0124. The van der Waals surface area contributed by atoms with Crippen LogP contribution in [0, 0.1) is 10.8 Å². The molecule has 0 saturated carbocycles. The number of cyclic esters (lactones) is 1. The molecule has 3 aliphatic heterocycles. The Bertz CT molecular complexity index is 1200. The number of carbonyl (C=O) groups is 4. The predicted molar refractivity (Wildman–Crippen MR) is 149 cm³/mol. The van der Waals surface area contributed by atoms with Crippen LogP contribution >= 0.6 is 0 Å². The van der Waals surface area contributed by atoms with Crippen LogP contribution in [0.1, 0.15) is 58.6 Å². The molecule has 0 spiro atoms. The molecular formula is C30H41N3O8. The van der Waals surface area contributed by atoms with E-state index in [1.165, 1.54) is 12.0 Å². The SMILES string of the molecule is COC(=O)C1C[C@@H]2CN1C(=O)[C@H](C(C)(C)C)NC(=O)OCC(C)(C)CC=CCOc1cccc3c1CN(C3)C(=O)O2. The topological polar surface area (TPSA) is 124 Å². The van der Waals surface area contributed by atoms with Gasteiger partial charge in [-0.1, -0.05) is 58.9 Å². The molecule has 1 fully saturated rings. The maximum atomic E-state index is 13.9. The fourth-order valence-corrected chi connectivity index (χ4v) is 5.26. The first-order chi connectivity index (χ1) is 19.3. The monoisotopic (exact) mass is 571 g/mol. The van der Waals surface area contributed by atoms with Crippen LogP contribution < -0.4 is 10.1 Å². The molecule has 0 aromatic heterocycles. The molecule has 0 radical (unpaired) electrons. The second kappa shape index (κ2) is 12.0. The Morgan fingerprint density at radius 3 is 2.56 bits per heavy atom. The number of ether oxygens (including phenoxy) is 4. The lowest BCUT2D eigenvalue weighted by Gasteiger charge is -2.35. The van der Waals surface area contributed by atoms with E-state index in [1.807, 2.05) is 65.0 Å². The smallest absolute Gasteiger partial charge is 0.410 e. The lowest BCUT2D eigenvalue weighted by atomic mass is 9.85. The molecule has 4 bridgehead atoms. The Hall–Kier alpha value is -3.76. The van der Waals surface area contributed by atoms with Crippen LogP contribution in [0.4, 0.5) is 9.59 Å². The van der Waals surface area contributed by atoms with E-state index < -0.39 is 47.7 Å². The number of hydrogen-bond donors (Lipinski definition) is 1. The number of esters is 1. The number of fused-ring (bicyclic) bond motifs is 3. The van der Waals surface area contributed by atoms with Crippen molar-refractivity contribution in [3.05, 3.63) is 41.5 Å². The van der Waals surface area contributed by atoms with Gasteiger partial charge in [0.2, 0.25) is 5.91 Å². The number of allylic oxidation sites excluding steroid dienone is 1. The van der Waals surface area contributed by atoms with Crippen molar-refractivity contribution >= 4 is 24.1 Å². The van der Waals surface area contributed by atoms with Crippen molar-refractivity contribution in [3.63, 3.8) is 0 Å². The van der Waals surface area contributed by atoms with Crippen LogP contribution in [0.2, 0.25) is 0 Å². The molecule has 224 valence electrons. The Morgan fingerprint density at radius 1 is 1.10 bits per heavy atom. The molecule has 1 aromatic carbocycles. The summed E-state index contributed by atoms with van der Waals surface area (Å²) >= 11 is 0. The zero-order valence-corrected chi connectivity index (χ0v) is 24.7. The maximum Gasteiger partial charge on any atom is 0.410 e. The van der Waals surface area contributed by atoms with Crippen LogP contribution in [0.15, 0.2) is 30.4 Å². The van der Waals surface area contributed by atoms with E-state index >= 15 is 0 Å². The van der Waals surface area contributed by atoms with Crippen molar-refractivity contribution in [2.24, 2.45) is 10.8 Å². The molecule has 3 heterocycles. The fraction of sp³-hybridized carbons (Fsp3) is 0.600. The van der Waals surface area contributed by atoms with Crippen molar-refractivity contribution in [2.75, 3.05) is 26.9 Å². The van der Waals surface area contributed by atoms with Crippen molar-refractivity contribution in [3.8, 4) is 5.75 Å². The van der Waals surface area contributed by atoms with Crippen LogP contribution in [-0.4, -0.2) is 78.9 Å². The van der Waals surface area contributed by atoms with E-state index in [2.05, 4.69) is 5.32 Å². The molecule has 3 atom stereocenters. The summed E-state index contributed by atoms with van der Waals surface area (Å²) in [5, 5.41) is 2.71. The number of hydrogen-bond acceptors (Lipinski definition) is 8. The first-order valence-corrected chi connectivity index (χ1v) is 13.9. The normalized spacial score (nSPS) is 25.4. The van der Waals surface area contributed by atoms with E-state index in [1.54, 1.807) is 4.90 Å². The quantitative estimate of drug-likeness (QED) is 0.307. The fourth-order valence-electron chi connectivity index (χ4n) is 5.26. The van der Waals surface area contributed by atoms with Crippen molar-refractivity contribution in [1.29, 1.82) is 0 Å². The molecule has 4 rings (SSSR count). The summed E-state index contributed by atoms with van der Waals surface area (Å²) in [5.74, 6) is -0.400. The first kappa shape index (κ1) is 30.2. The molecule has 41 heavy (non-hydrogen) atoms. The number of methoxy groups -OCH3 is 1. The second-order valence-electron chi connectivity index (χ2n) is 12.7. The highest BCUT2D eigenvalue weighted by Crippen LogP contribution is 2.33. The third-order valence-electron chi connectivity index (χ3n) is 7.63. The maximum absolute atomic E-state index is 13.9. The summed E-state index contributed by atoms with van der Waals surface area (Å²) < 4.78 is 22.3. The molecule has 0 aliphatic carbocycles. The number of amides is 3. The highest BCUT2D eigenvalue weighted by Gasteiger charge is 2.47. The third-order valence-corrected chi connectivity index (χ3v) is 7.63. The lowest BCUT2D eigenvalue weighted by Crippen LogP contribution is -2.57. The largest absolute Gasteiger partial charge is 0.489 e. The van der Waals surface area contributed by atoms with E-state index in [4.69, 9.17) is 18.9 Å². The highest BCUT2D eigenvalue weighted by molar-refractivity contribution is 5.91. The van der Waals surface area contributed by atoms with Crippen LogP contribution in [0.25, 0.3) is 0 Å². The van der Waals surface area contributed by atoms with Gasteiger partial charge in [-0.25, -0.2) is 14.4 Å². The molecular weight excluding hydrogens is 530 g/mol. The molecule has 1 unspecified atom stereocenters. The minimum atomic E-state index is -1.00. The number of benzene rings is 1. The van der Waals surface area contributed by atoms with Crippen LogP contribution in [-0.2, 0) is 36.9 Å². The van der Waals surface area contributed by atoms with Gasteiger partial charge in [0, 0.05) is 23.9 Å². The number of nitrogens with zero attached hydrogens (tertiary/aromatic N) is 2. The average molecular weight is 572 g/mol. The molecule has 3 aliphatic rings. The van der Waals surface area contributed by atoms with E-state index in [-0.39, 0.29) is 25.0 Å². The Kier molecular flexibility index (Phi) is 8.84. The van der Waals surface area contributed by atoms with Gasteiger partial charge in [0.1, 0.15) is 30.5 Å². The molecule has 3 amide bonds. The number of rotatable bonds is 1. The van der Waals surface area contributed by atoms with Crippen molar-refractivity contribution in [1.82, 2.24) is 15.1 Å². The van der Waals surface area contributed by atoms with Gasteiger partial charge in [0.15, 0.2) is 0 Å². The molecule has 1 N–H and O–H groups in total. The summed E-state index contributed by atoms with van der Waals surface area (Å²) in [6.45, 7) is 10.6. The van der Waals surface area contributed by atoms with E-state index in [0.29, 0.717) is 31.9 Å². The van der Waals surface area contributed by atoms with Gasteiger partial charge in [-0.3, -0.25) is 9.69 Å². The van der Waals surface area contributed by atoms with Gasteiger partial charge < -0.3 is 29.2 Å². The third kappa shape index (κ3) is 7.12. The standard InChI is InChI=1S/C30H41N3O8/c1-29(2,3)24-25(34)33-16-20(14-22(33)26(35)38-6)41-28(37)32-15-19-10-9-11-23(21(19)17-32)39-13-8-7-12-30(4,5)18-40-27(36)31-24/h7-11,20,22,24H,12-18H2,1-6H3,(H,31,36)/t20-,22?,24-/m1/s1. The zero-order chi connectivity index (χ0) is 29.9. The van der Waals surface area contributed by atoms with Gasteiger partial charge in [-0.05, 0) is 23.5 Å². The Morgan fingerprint density at radius 2 is 1.85 bits per heavy atom. The number of alkyl carbamates (subject to hydrolysis) is 1. The van der Waals surface area contributed by atoms with Crippen LogP contribution in [0.5, 0.6) is 5.75 Å². The summed E-state index contributed by atoms with van der Waals surface area (Å²) in [7, 11) is 1.24. The zero-order valence-electron chi connectivity index (χ0n) is 24.7. The Labute approximate surface area is 241 Å². The molecule has 1 saturated heterocycles. The second-order valence-corrected chi connectivity index (χ2v) is 12.7. The molecule has 11 nitrogen and oxygen atoms in total. The minimum Gasteiger partial charge on any atom is -0.489 e.